The highest BCUT2D eigenvalue weighted by atomic mass is 32.1. The van der Waals surface area contributed by atoms with Crippen LogP contribution in [0.3, 0.4) is 0 Å². The molecule has 0 aliphatic carbocycles. The fourth-order valence-electron chi connectivity index (χ4n) is 6.63. The molecule has 10 aromatic rings. The summed E-state index contributed by atoms with van der Waals surface area (Å²) in [6.45, 7) is 0. The number of furan rings is 1. The molecule has 6 heteroatoms. The zero-order chi connectivity index (χ0) is 31.1. The van der Waals surface area contributed by atoms with Crippen LogP contribution in [0, 0.1) is 11.3 Å². The Morgan fingerprint density at radius 1 is 0.468 bits per heavy atom. The first-order valence-electron chi connectivity index (χ1n) is 15.3. The lowest BCUT2D eigenvalue weighted by Gasteiger charge is -2.10. The maximum Gasteiger partial charge on any atom is 0.160 e. The highest BCUT2D eigenvalue weighted by Crippen LogP contribution is 2.40. The van der Waals surface area contributed by atoms with Crippen LogP contribution < -0.4 is 0 Å². The molecule has 47 heavy (non-hydrogen) atoms. The monoisotopic (exact) mass is 635 g/mol. The normalized spacial score (nSPS) is 11.8. The summed E-state index contributed by atoms with van der Waals surface area (Å²) in [5.74, 6) is 0.670. The fourth-order valence-corrected chi connectivity index (χ4v) is 8.96. The molecular formula is C41H21N3OS2. The fraction of sp³-hybridized carbons (Fsp3) is 0. The van der Waals surface area contributed by atoms with Gasteiger partial charge in [0, 0.05) is 67.8 Å². The number of thiophene rings is 2. The van der Waals surface area contributed by atoms with Crippen molar-refractivity contribution in [3.8, 4) is 40.0 Å². The van der Waals surface area contributed by atoms with E-state index in [1.54, 1.807) is 11.3 Å². The molecule has 0 aliphatic heterocycles. The van der Waals surface area contributed by atoms with Crippen molar-refractivity contribution in [2.45, 2.75) is 0 Å². The Labute approximate surface area is 276 Å². The molecule has 0 N–H and O–H groups in total. The van der Waals surface area contributed by atoms with Gasteiger partial charge in [-0.2, -0.15) is 5.26 Å². The van der Waals surface area contributed by atoms with Gasteiger partial charge in [-0.15, -0.1) is 22.7 Å². The van der Waals surface area contributed by atoms with E-state index in [4.69, 9.17) is 14.4 Å². The minimum atomic E-state index is 0.669. The van der Waals surface area contributed by atoms with Crippen LogP contribution >= 0.6 is 22.7 Å². The van der Waals surface area contributed by atoms with Gasteiger partial charge < -0.3 is 4.42 Å². The lowest BCUT2D eigenvalue weighted by atomic mass is 10.0. The molecule has 0 spiro atoms. The average Bonchev–Trinajstić information content (AvgIpc) is 3.81. The molecule has 0 radical (unpaired) electrons. The van der Waals surface area contributed by atoms with Gasteiger partial charge in [0.2, 0.25) is 0 Å². The van der Waals surface area contributed by atoms with Gasteiger partial charge in [-0.1, -0.05) is 66.7 Å². The Bertz CT molecular complexity index is 2940. The number of fused-ring (bicyclic) bond motifs is 9. The molecule has 10 rings (SSSR count). The maximum absolute atomic E-state index is 9.43. The second-order valence-electron chi connectivity index (χ2n) is 11.7. The second-order valence-corrected chi connectivity index (χ2v) is 13.9. The Balaban J connectivity index is 1.18. The number of nitriles is 1. The third-order valence-electron chi connectivity index (χ3n) is 8.93. The van der Waals surface area contributed by atoms with E-state index in [-0.39, 0.29) is 0 Å². The molecule has 0 amide bonds. The van der Waals surface area contributed by atoms with Crippen LogP contribution in [0.25, 0.3) is 96.2 Å². The van der Waals surface area contributed by atoms with E-state index in [1.165, 1.54) is 25.6 Å². The molecule has 0 saturated heterocycles. The largest absolute Gasteiger partial charge is 0.456 e. The summed E-state index contributed by atoms with van der Waals surface area (Å²) >= 11 is 3.50. The van der Waals surface area contributed by atoms with E-state index >= 15 is 0 Å². The number of aromatic nitrogens is 2. The predicted molar refractivity (Wildman–Crippen MR) is 196 cm³/mol. The highest BCUT2D eigenvalue weighted by Gasteiger charge is 2.16. The first-order chi connectivity index (χ1) is 23.2. The van der Waals surface area contributed by atoms with Crippen molar-refractivity contribution in [3.63, 3.8) is 0 Å². The average molecular weight is 636 g/mol. The van der Waals surface area contributed by atoms with Gasteiger partial charge in [0.25, 0.3) is 0 Å². The zero-order valence-electron chi connectivity index (χ0n) is 24.7. The number of nitrogens with zero attached hydrogens (tertiary/aromatic N) is 3. The summed E-state index contributed by atoms with van der Waals surface area (Å²) in [4.78, 5) is 10.4. The minimum Gasteiger partial charge on any atom is -0.456 e. The van der Waals surface area contributed by atoms with E-state index < -0.39 is 0 Å². The summed E-state index contributed by atoms with van der Waals surface area (Å²) in [7, 11) is 0. The molecular weight excluding hydrogens is 615 g/mol. The van der Waals surface area contributed by atoms with Crippen LogP contribution in [-0.2, 0) is 0 Å². The van der Waals surface area contributed by atoms with Crippen molar-refractivity contribution in [1.29, 1.82) is 5.26 Å². The van der Waals surface area contributed by atoms with E-state index in [2.05, 4.69) is 91.0 Å². The third kappa shape index (κ3) is 4.18. The van der Waals surface area contributed by atoms with Crippen molar-refractivity contribution in [2.75, 3.05) is 0 Å². The van der Waals surface area contributed by atoms with Crippen molar-refractivity contribution in [3.05, 3.63) is 133 Å². The first-order valence-corrected chi connectivity index (χ1v) is 16.9. The van der Waals surface area contributed by atoms with Gasteiger partial charge >= 0.3 is 0 Å². The van der Waals surface area contributed by atoms with Gasteiger partial charge in [-0.3, -0.25) is 0 Å². The molecule has 0 fully saturated rings. The lowest BCUT2D eigenvalue weighted by Crippen LogP contribution is -1.96. The number of benzene rings is 6. The molecule has 0 aliphatic rings. The van der Waals surface area contributed by atoms with Gasteiger partial charge in [-0.05, 0) is 60.7 Å². The summed E-state index contributed by atoms with van der Waals surface area (Å²) in [5.41, 5.74) is 7.13. The van der Waals surface area contributed by atoms with Crippen molar-refractivity contribution >= 4 is 85.0 Å². The van der Waals surface area contributed by atoms with E-state index in [1.807, 2.05) is 53.8 Å². The molecule has 4 nitrogen and oxygen atoms in total. The summed E-state index contributed by atoms with van der Waals surface area (Å²) in [6, 6.07) is 46.3. The molecule has 0 unspecified atom stereocenters. The predicted octanol–water partition coefficient (Wildman–Crippen LogP) is 12.0. The van der Waals surface area contributed by atoms with Crippen LogP contribution in [0.1, 0.15) is 5.56 Å². The van der Waals surface area contributed by atoms with E-state index in [9.17, 15) is 5.26 Å². The highest BCUT2D eigenvalue weighted by molar-refractivity contribution is 7.26. The number of hydrogen-bond acceptors (Lipinski definition) is 6. The molecule has 0 bridgehead atoms. The third-order valence-corrected chi connectivity index (χ3v) is 11.2. The molecule has 218 valence electrons. The van der Waals surface area contributed by atoms with Crippen LogP contribution in [-0.4, -0.2) is 9.97 Å². The standard InChI is InChI=1S/C41H21N3OS2/c42-22-23-9-13-29-31-15-11-26(20-40(31)47-38(29)17-23)41-43-33(24-12-16-36-32(18-24)27-5-1-3-7-35(27)45-36)21-34(44-41)25-10-14-30-28-6-2-4-8-37(28)46-39(30)19-25/h1-21H. The molecule has 6 aromatic carbocycles. The minimum absolute atomic E-state index is 0.669. The Morgan fingerprint density at radius 3 is 1.85 bits per heavy atom. The summed E-state index contributed by atoms with van der Waals surface area (Å²) in [5, 5.41) is 16.4. The Kier molecular flexibility index (Phi) is 5.64. The van der Waals surface area contributed by atoms with Gasteiger partial charge in [0.1, 0.15) is 11.2 Å². The number of rotatable bonds is 3. The first kappa shape index (κ1) is 26.4. The summed E-state index contributed by atoms with van der Waals surface area (Å²) < 4.78 is 10.9. The second kappa shape index (κ2) is 10.1. The van der Waals surface area contributed by atoms with E-state index in [0.29, 0.717) is 11.4 Å². The lowest BCUT2D eigenvalue weighted by molar-refractivity contribution is 0.669. The quantitative estimate of drug-likeness (QED) is 0.194. The van der Waals surface area contributed by atoms with Crippen molar-refractivity contribution < 1.29 is 4.42 Å². The number of para-hydroxylation sites is 1. The molecule has 4 aromatic heterocycles. The zero-order valence-corrected chi connectivity index (χ0v) is 26.3. The van der Waals surface area contributed by atoms with Gasteiger partial charge in [0.15, 0.2) is 5.82 Å². The van der Waals surface area contributed by atoms with Crippen LogP contribution in [0.5, 0.6) is 0 Å². The Morgan fingerprint density at radius 2 is 1.04 bits per heavy atom. The van der Waals surface area contributed by atoms with E-state index in [0.717, 1.165) is 64.8 Å². The molecule has 0 atom stereocenters. The smallest absolute Gasteiger partial charge is 0.160 e. The Hall–Kier alpha value is -5.87. The van der Waals surface area contributed by atoms with Crippen molar-refractivity contribution in [1.82, 2.24) is 9.97 Å². The topological polar surface area (TPSA) is 62.7 Å². The SMILES string of the molecule is N#Cc1ccc2c(c1)sc1cc(-c3nc(-c4ccc5c(c4)sc4ccccc45)cc(-c4ccc5oc6ccccc6c5c4)n3)ccc12. The maximum atomic E-state index is 9.43. The summed E-state index contributed by atoms with van der Waals surface area (Å²) in [6.07, 6.45) is 0. The molecule has 4 heterocycles. The van der Waals surface area contributed by atoms with Crippen LogP contribution in [0.15, 0.2) is 132 Å². The van der Waals surface area contributed by atoms with Gasteiger partial charge in [-0.25, -0.2) is 9.97 Å². The van der Waals surface area contributed by atoms with Gasteiger partial charge in [0.05, 0.1) is 23.0 Å². The van der Waals surface area contributed by atoms with Crippen molar-refractivity contribution in [2.24, 2.45) is 0 Å². The molecule has 0 saturated carbocycles. The van der Waals surface area contributed by atoms with Crippen LogP contribution in [0.4, 0.5) is 0 Å². The van der Waals surface area contributed by atoms with Crippen LogP contribution in [0.2, 0.25) is 0 Å². The number of hydrogen-bond donors (Lipinski definition) is 0.